The number of ether oxygens (including phenoxy) is 1. The summed E-state index contributed by atoms with van der Waals surface area (Å²) >= 11 is 0. The molecule has 1 rings (SSSR count). The van der Waals surface area contributed by atoms with Gasteiger partial charge in [0.25, 0.3) is 0 Å². The van der Waals surface area contributed by atoms with Crippen LogP contribution in [0.15, 0.2) is 30.3 Å². The predicted molar refractivity (Wildman–Crippen MR) is 90.8 cm³/mol. The van der Waals surface area contributed by atoms with Gasteiger partial charge in [0, 0.05) is 6.54 Å². The van der Waals surface area contributed by atoms with Gasteiger partial charge in [-0.2, -0.15) is 0 Å². The van der Waals surface area contributed by atoms with Crippen molar-refractivity contribution < 1.29 is 9.53 Å². The molecule has 0 aliphatic carbocycles. The second-order valence-electron chi connectivity index (χ2n) is 5.57. The molecule has 4 nitrogen and oxygen atoms in total. The van der Waals surface area contributed by atoms with Gasteiger partial charge in [-0.3, -0.25) is 4.79 Å². The lowest BCUT2D eigenvalue weighted by molar-refractivity contribution is -0.144. The number of esters is 1. The summed E-state index contributed by atoms with van der Waals surface area (Å²) in [6.45, 7) is 6.36. The van der Waals surface area contributed by atoms with Gasteiger partial charge in [0.2, 0.25) is 0 Å². The molecule has 1 aromatic carbocycles. The van der Waals surface area contributed by atoms with Crippen molar-refractivity contribution in [2.75, 3.05) is 19.7 Å². The van der Waals surface area contributed by atoms with E-state index in [1.165, 1.54) is 5.56 Å². The third-order valence-corrected chi connectivity index (χ3v) is 3.86. The lowest BCUT2D eigenvalue weighted by atomic mass is 9.96. The first-order valence-corrected chi connectivity index (χ1v) is 8.36. The molecule has 0 bridgehead atoms. The smallest absolute Gasteiger partial charge is 0.322 e. The zero-order valence-electron chi connectivity index (χ0n) is 13.9. The van der Waals surface area contributed by atoms with Crippen LogP contribution >= 0.6 is 0 Å². The van der Waals surface area contributed by atoms with Gasteiger partial charge >= 0.3 is 5.97 Å². The number of hydrogen-bond acceptors (Lipinski definition) is 4. The van der Waals surface area contributed by atoms with E-state index in [1.54, 1.807) is 6.92 Å². The van der Waals surface area contributed by atoms with E-state index in [4.69, 9.17) is 10.5 Å². The fraction of sp³-hybridized carbons (Fsp3) is 0.611. The minimum atomic E-state index is -0.479. The van der Waals surface area contributed by atoms with Gasteiger partial charge in [0.15, 0.2) is 0 Å². The third kappa shape index (κ3) is 7.05. The zero-order chi connectivity index (χ0) is 16.2. The lowest BCUT2D eigenvalue weighted by Crippen LogP contribution is -2.32. The predicted octanol–water partition coefficient (Wildman–Crippen LogP) is 2.83. The Morgan fingerprint density at radius 3 is 2.59 bits per heavy atom. The Kier molecular flexibility index (Phi) is 9.51. The number of unbranched alkanes of at least 4 members (excludes halogenated alkanes) is 1. The molecule has 22 heavy (non-hydrogen) atoms. The van der Waals surface area contributed by atoms with Gasteiger partial charge in [0.05, 0.1) is 6.61 Å². The average molecular weight is 306 g/mol. The normalized spacial score (nSPS) is 13.6. The van der Waals surface area contributed by atoms with Crippen LogP contribution in [0.3, 0.4) is 0 Å². The van der Waals surface area contributed by atoms with Gasteiger partial charge in [-0.05, 0) is 44.2 Å². The monoisotopic (exact) mass is 306 g/mol. The maximum Gasteiger partial charge on any atom is 0.322 e. The second kappa shape index (κ2) is 11.2. The Labute approximate surface area is 134 Å². The molecule has 0 heterocycles. The van der Waals surface area contributed by atoms with Crippen LogP contribution in [0.5, 0.6) is 0 Å². The molecule has 0 aromatic heterocycles. The van der Waals surface area contributed by atoms with Crippen LogP contribution in [-0.4, -0.2) is 31.7 Å². The number of nitrogens with two attached hydrogens (primary N) is 1. The van der Waals surface area contributed by atoms with Crippen molar-refractivity contribution in [2.24, 2.45) is 5.73 Å². The Balaban J connectivity index is 2.13. The average Bonchev–Trinajstić information content (AvgIpc) is 2.55. The molecule has 0 saturated heterocycles. The molecule has 0 radical (unpaired) electrons. The first-order valence-electron chi connectivity index (χ1n) is 8.36. The van der Waals surface area contributed by atoms with Crippen LogP contribution in [0.25, 0.3) is 0 Å². The van der Waals surface area contributed by atoms with Gasteiger partial charge in [-0.15, -0.1) is 0 Å². The summed E-state index contributed by atoms with van der Waals surface area (Å²) in [4.78, 5) is 11.4. The van der Waals surface area contributed by atoms with E-state index in [0.29, 0.717) is 18.9 Å². The highest BCUT2D eigenvalue weighted by atomic mass is 16.5. The summed E-state index contributed by atoms with van der Waals surface area (Å²) in [6, 6.07) is 10.1. The molecule has 0 fully saturated rings. The van der Waals surface area contributed by atoms with E-state index < -0.39 is 6.04 Å². The van der Waals surface area contributed by atoms with E-state index in [-0.39, 0.29) is 5.97 Å². The minimum Gasteiger partial charge on any atom is -0.465 e. The van der Waals surface area contributed by atoms with Crippen LogP contribution in [0.2, 0.25) is 0 Å². The highest BCUT2D eigenvalue weighted by Crippen LogP contribution is 2.17. The molecule has 0 aliphatic heterocycles. The second-order valence-corrected chi connectivity index (χ2v) is 5.57. The summed E-state index contributed by atoms with van der Waals surface area (Å²) in [6.07, 6.45) is 3.79. The number of carbonyl (C=O) groups excluding carboxylic acids is 1. The quantitative estimate of drug-likeness (QED) is 0.487. The zero-order valence-corrected chi connectivity index (χ0v) is 13.9. The Morgan fingerprint density at radius 2 is 1.95 bits per heavy atom. The standard InChI is InChI=1S/C18H30N2O2/c1-3-15(16-10-6-5-7-11-16)14-20-13-9-8-12-17(19)18(21)22-4-2/h5-7,10-11,15,17,20H,3-4,8-9,12-14,19H2,1-2H3. The SMILES string of the molecule is CCOC(=O)C(N)CCCCNCC(CC)c1ccccc1. The van der Waals surface area contributed by atoms with Gasteiger partial charge < -0.3 is 15.8 Å². The first-order chi connectivity index (χ1) is 10.7. The largest absolute Gasteiger partial charge is 0.465 e. The van der Waals surface area contributed by atoms with Crippen LogP contribution in [-0.2, 0) is 9.53 Å². The molecule has 0 amide bonds. The summed E-state index contributed by atoms with van der Waals surface area (Å²) in [5.74, 6) is 0.272. The van der Waals surface area contributed by atoms with E-state index in [2.05, 4.69) is 42.6 Å². The van der Waals surface area contributed by atoms with Crippen molar-refractivity contribution in [3.8, 4) is 0 Å². The van der Waals surface area contributed by atoms with E-state index in [9.17, 15) is 4.79 Å². The Morgan fingerprint density at radius 1 is 1.23 bits per heavy atom. The minimum absolute atomic E-state index is 0.286. The molecular formula is C18H30N2O2. The third-order valence-electron chi connectivity index (χ3n) is 3.86. The summed E-state index contributed by atoms with van der Waals surface area (Å²) in [5, 5.41) is 3.51. The van der Waals surface area contributed by atoms with Gasteiger partial charge in [0.1, 0.15) is 6.04 Å². The molecule has 2 atom stereocenters. The van der Waals surface area contributed by atoms with Gasteiger partial charge in [-0.1, -0.05) is 43.7 Å². The summed E-state index contributed by atoms with van der Waals surface area (Å²) < 4.78 is 4.90. The number of hydrogen-bond donors (Lipinski definition) is 2. The van der Waals surface area contributed by atoms with Crippen molar-refractivity contribution >= 4 is 5.97 Å². The fourth-order valence-electron chi connectivity index (χ4n) is 2.48. The van der Waals surface area contributed by atoms with E-state index >= 15 is 0 Å². The van der Waals surface area contributed by atoms with E-state index in [1.807, 2.05) is 0 Å². The lowest BCUT2D eigenvalue weighted by Gasteiger charge is -2.16. The topological polar surface area (TPSA) is 64.3 Å². The summed E-state index contributed by atoms with van der Waals surface area (Å²) in [7, 11) is 0. The molecule has 2 unspecified atom stereocenters. The van der Waals surface area contributed by atoms with Crippen LogP contribution < -0.4 is 11.1 Å². The molecule has 4 heteroatoms. The van der Waals surface area contributed by atoms with Crippen molar-refractivity contribution in [1.29, 1.82) is 0 Å². The molecule has 0 spiro atoms. The Hall–Kier alpha value is -1.39. The van der Waals surface area contributed by atoms with Crippen LogP contribution in [0.1, 0.15) is 51.0 Å². The van der Waals surface area contributed by atoms with E-state index in [0.717, 1.165) is 32.4 Å². The Bertz CT molecular complexity index is 409. The van der Waals surface area contributed by atoms with Crippen molar-refractivity contribution in [1.82, 2.24) is 5.32 Å². The molecular weight excluding hydrogens is 276 g/mol. The maximum atomic E-state index is 11.4. The number of benzene rings is 1. The highest BCUT2D eigenvalue weighted by Gasteiger charge is 2.13. The number of nitrogens with one attached hydrogen (secondary N) is 1. The number of rotatable bonds is 11. The van der Waals surface area contributed by atoms with Gasteiger partial charge in [-0.25, -0.2) is 0 Å². The molecule has 0 aliphatic rings. The molecule has 3 N–H and O–H groups in total. The molecule has 124 valence electrons. The summed E-state index contributed by atoms with van der Waals surface area (Å²) in [5.41, 5.74) is 7.16. The van der Waals surface area contributed by atoms with Crippen molar-refractivity contribution in [3.05, 3.63) is 35.9 Å². The van der Waals surface area contributed by atoms with Crippen molar-refractivity contribution in [2.45, 2.75) is 51.5 Å². The highest BCUT2D eigenvalue weighted by molar-refractivity contribution is 5.75. The van der Waals surface area contributed by atoms with Crippen molar-refractivity contribution in [3.63, 3.8) is 0 Å². The molecule has 1 aromatic rings. The first kappa shape index (κ1) is 18.7. The van der Waals surface area contributed by atoms with Crippen LogP contribution in [0, 0.1) is 0 Å². The molecule has 0 saturated carbocycles. The number of carbonyl (C=O) groups is 1. The maximum absolute atomic E-state index is 11.4. The fourth-order valence-corrected chi connectivity index (χ4v) is 2.48. The van der Waals surface area contributed by atoms with Crippen LogP contribution in [0.4, 0.5) is 0 Å².